The summed E-state index contributed by atoms with van der Waals surface area (Å²) in [7, 11) is 0. The number of nitrogens with one attached hydrogen (secondary N) is 1. The van der Waals surface area contributed by atoms with E-state index in [0.29, 0.717) is 33.8 Å². The van der Waals surface area contributed by atoms with E-state index in [1.54, 1.807) is 36.4 Å². The molecule has 0 aliphatic carbocycles. The van der Waals surface area contributed by atoms with Gasteiger partial charge in [-0.1, -0.05) is 54.7 Å². The number of halogens is 3. The summed E-state index contributed by atoms with van der Waals surface area (Å²) in [5.41, 5.74) is 1.62. The number of amides is 2. The summed E-state index contributed by atoms with van der Waals surface area (Å²) >= 11 is 18.2. The minimum Gasteiger partial charge on any atom is -0.484 e. The van der Waals surface area contributed by atoms with Crippen LogP contribution in [-0.4, -0.2) is 35.9 Å². The van der Waals surface area contributed by atoms with Crippen molar-refractivity contribution in [1.29, 1.82) is 0 Å². The van der Waals surface area contributed by atoms with Crippen molar-refractivity contribution in [3.63, 3.8) is 0 Å². The molecular formula is C23H27Cl3N2O3. The predicted octanol–water partition coefficient (Wildman–Crippen LogP) is 5.67. The quantitative estimate of drug-likeness (QED) is 0.472. The first-order valence-corrected chi connectivity index (χ1v) is 11.3. The van der Waals surface area contributed by atoms with Gasteiger partial charge in [-0.25, -0.2) is 0 Å². The van der Waals surface area contributed by atoms with Gasteiger partial charge in [0.25, 0.3) is 5.91 Å². The Bertz CT molecular complexity index is 921. The van der Waals surface area contributed by atoms with Crippen molar-refractivity contribution in [2.45, 2.75) is 46.2 Å². The number of rotatable bonds is 10. The van der Waals surface area contributed by atoms with Gasteiger partial charge in [-0.2, -0.15) is 0 Å². The monoisotopic (exact) mass is 484 g/mol. The summed E-state index contributed by atoms with van der Waals surface area (Å²) in [5.74, 6) is 0.0329. The predicted molar refractivity (Wildman–Crippen MR) is 126 cm³/mol. The molecule has 0 spiro atoms. The van der Waals surface area contributed by atoms with Crippen LogP contribution in [0.5, 0.6) is 5.75 Å². The van der Waals surface area contributed by atoms with E-state index in [1.165, 1.54) is 4.90 Å². The smallest absolute Gasteiger partial charge is 0.261 e. The van der Waals surface area contributed by atoms with Gasteiger partial charge in [0.1, 0.15) is 11.8 Å². The first kappa shape index (κ1) is 25.3. The summed E-state index contributed by atoms with van der Waals surface area (Å²) in [6.07, 6.45) is 1.27. The van der Waals surface area contributed by atoms with Crippen LogP contribution >= 0.6 is 34.8 Å². The molecule has 2 amide bonds. The molecule has 0 saturated heterocycles. The normalized spacial score (nSPS) is 11.7. The summed E-state index contributed by atoms with van der Waals surface area (Å²) in [6.45, 7) is 6.25. The van der Waals surface area contributed by atoms with Crippen molar-refractivity contribution < 1.29 is 14.3 Å². The van der Waals surface area contributed by atoms with Gasteiger partial charge in [0.2, 0.25) is 5.91 Å². The Balaban J connectivity index is 2.23. The van der Waals surface area contributed by atoms with Crippen LogP contribution in [0.1, 0.15) is 37.8 Å². The van der Waals surface area contributed by atoms with E-state index in [1.807, 2.05) is 20.8 Å². The maximum absolute atomic E-state index is 13.1. The highest BCUT2D eigenvalue weighted by molar-refractivity contribution is 6.42. The van der Waals surface area contributed by atoms with Crippen LogP contribution in [0.2, 0.25) is 15.1 Å². The molecule has 5 nitrogen and oxygen atoms in total. The second-order valence-electron chi connectivity index (χ2n) is 7.18. The number of nitrogens with zero attached hydrogens (tertiary/aromatic N) is 1. The second kappa shape index (κ2) is 12.2. The van der Waals surface area contributed by atoms with E-state index in [9.17, 15) is 9.59 Å². The fraction of sp³-hybridized carbons (Fsp3) is 0.391. The van der Waals surface area contributed by atoms with Crippen molar-refractivity contribution in [3.05, 3.63) is 62.6 Å². The Morgan fingerprint density at radius 3 is 2.35 bits per heavy atom. The molecule has 0 aliphatic heterocycles. The lowest BCUT2D eigenvalue weighted by atomic mass is 10.1. The average molecular weight is 486 g/mol. The van der Waals surface area contributed by atoms with Crippen molar-refractivity contribution in [2.24, 2.45) is 0 Å². The maximum Gasteiger partial charge on any atom is 0.261 e. The highest BCUT2D eigenvalue weighted by Crippen LogP contribution is 2.25. The van der Waals surface area contributed by atoms with Crippen LogP contribution in [0.15, 0.2) is 36.4 Å². The second-order valence-corrected chi connectivity index (χ2v) is 8.41. The van der Waals surface area contributed by atoms with Crippen molar-refractivity contribution in [3.8, 4) is 5.75 Å². The number of benzene rings is 2. The van der Waals surface area contributed by atoms with Crippen LogP contribution in [0.4, 0.5) is 0 Å². The molecule has 0 radical (unpaired) electrons. The molecule has 0 heterocycles. The van der Waals surface area contributed by atoms with Gasteiger partial charge < -0.3 is 15.0 Å². The molecule has 1 atom stereocenters. The summed E-state index contributed by atoms with van der Waals surface area (Å²) in [4.78, 5) is 27.4. The zero-order valence-corrected chi connectivity index (χ0v) is 20.2. The van der Waals surface area contributed by atoms with E-state index in [2.05, 4.69) is 5.32 Å². The van der Waals surface area contributed by atoms with E-state index in [0.717, 1.165) is 17.5 Å². The molecule has 168 valence electrons. The molecule has 2 rings (SSSR count). The molecule has 0 saturated carbocycles. The fourth-order valence-corrected chi connectivity index (χ4v) is 3.49. The number of aryl methyl sites for hydroxylation is 1. The Hall–Kier alpha value is -1.95. The first-order chi connectivity index (χ1) is 14.8. The molecule has 1 N–H and O–H groups in total. The van der Waals surface area contributed by atoms with E-state index in [-0.39, 0.29) is 25.0 Å². The van der Waals surface area contributed by atoms with Gasteiger partial charge in [0.05, 0.1) is 10.0 Å². The topological polar surface area (TPSA) is 58.6 Å². The highest BCUT2D eigenvalue weighted by atomic mass is 35.5. The van der Waals surface area contributed by atoms with Gasteiger partial charge in [0, 0.05) is 18.1 Å². The molecular weight excluding hydrogens is 459 g/mol. The summed E-state index contributed by atoms with van der Waals surface area (Å²) in [5, 5.41) is 4.32. The maximum atomic E-state index is 13.1. The molecule has 2 aromatic rings. The standard InChI is InChI=1S/C23H27Cl3N2O3/c1-4-10-27-23(30)21(5-2)28(13-16-6-8-19(25)20(26)12-16)22(29)14-31-17-7-9-18(24)15(3)11-17/h6-9,11-12,21H,4-5,10,13-14H2,1-3H3,(H,27,30)/t21-/m1/s1. The van der Waals surface area contributed by atoms with E-state index >= 15 is 0 Å². The van der Waals surface area contributed by atoms with Crippen LogP contribution in [0.25, 0.3) is 0 Å². The molecule has 0 fully saturated rings. The van der Waals surface area contributed by atoms with Crippen molar-refractivity contribution in [1.82, 2.24) is 10.2 Å². The van der Waals surface area contributed by atoms with Crippen molar-refractivity contribution in [2.75, 3.05) is 13.2 Å². The van der Waals surface area contributed by atoms with Gasteiger partial charge in [-0.15, -0.1) is 0 Å². The average Bonchev–Trinajstić information content (AvgIpc) is 2.75. The number of carbonyl (C=O) groups excluding carboxylic acids is 2. The lowest BCUT2D eigenvalue weighted by molar-refractivity contribution is -0.143. The van der Waals surface area contributed by atoms with Gasteiger partial charge in [0.15, 0.2) is 6.61 Å². The SMILES string of the molecule is CCCNC(=O)[C@@H](CC)N(Cc1ccc(Cl)c(Cl)c1)C(=O)COc1ccc(Cl)c(C)c1. The third-order valence-electron chi connectivity index (χ3n) is 4.76. The van der Waals surface area contributed by atoms with Gasteiger partial charge in [-0.05, 0) is 61.2 Å². The highest BCUT2D eigenvalue weighted by Gasteiger charge is 2.29. The molecule has 0 aromatic heterocycles. The number of hydrogen-bond donors (Lipinski definition) is 1. The fourth-order valence-electron chi connectivity index (χ4n) is 3.06. The number of ether oxygens (including phenoxy) is 1. The van der Waals surface area contributed by atoms with Gasteiger partial charge in [-0.3, -0.25) is 9.59 Å². The lowest BCUT2D eigenvalue weighted by Crippen LogP contribution is -2.50. The minimum atomic E-state index is -0.635. The van der Waals surface area contributed by atoms with Crippen LogP contribution < -0.4 is 10.1 Å². The molecule has 31 heavy (non-hydrogen) atoms. The third-order valence-corrected chi connectivity index (χ3v) is 5.93. The first-order valence-electron chi connectivity index (χ1n) is 10.2. The molecule has 0 unspecified atom stereocenters. The van der Waals surface area contributed by atoms with Crippen LogP contribution in [0, 0.1) is 6.92 Å². The lowest BCUT2D eigenvalue weighted by Gasteiger charge is -2.30. The van der Waals surface area contributed by atoms with Crippen molar-refractivity contribution >= 4 is 46.6 Å². The molecule has 0 bridgehead atoms. The Morgan fingerprint density at radius 2 is 1.74 bits per heavy atom. The molecule has 8 heteroatoms. The largest absolute Gasteiger partial charge is 0.484 e. The van der Waals surface area contributed by atoms with E-state index < -0.39 is 6.04 Å². The Kier molecular flexibility index (Phi) is 9.94. The Morgan fingerprint density at radius 1 is 1.03 bits per heavy atom. The zero-order valence-electron chi connectivity index (χ0n) is 17.9. The molecule has 0 aliphatic rings. The molecule has 2 aromatic carbocycles. The Labute approximate surface area is 198 Å². The zero-order chi connectivity index (χ0) is 23.0. The van der Waals surface area contributed by atoms with E-state index in [4.69, 9.17) is 39.5 Å². The summed E-state index contributed by atoms with van der Waals surface area (Å²) in [6, 6.07) is 9.72. The van der Waals surface area contributed by atoms with Crippen LogP contribution in [0.3, 0.4) is 0 Å². The number of carbonyl (C=O) groups is 2. The third kappa shape index (κ3) is 7.30. The van der Waals surface area contributed by atoms with Gasteiger partial charge >= 0.3 is 0 Å². The number of hydrogen-bond acceptors (Lipinski definition) is 3. The summed E-state index contributed by atoms with van der Waals surface area (Å²) < 4.78 is 5.69. The minimum absolute atomic E-state index is 0.194. The van der Waals surface area contributed by atoms with Crippen LogP contribution in [-0.2, 0) is 16.1 Å².